The Balaban J connectivity index is 2.81. The van der Waals surface area contributed by atoms with Crippen LogP contribution >= 0.6 is 22.9 Å². The van der Waals surface area contributed by atoms with Gasteiger partial charge >= 0.3 is 12.1 Å². The Kier molecular flexibility index (Phi) is 5.22. The molecule has 0 saturated carbocycles. The normalized spacial score (nSPS) is 13.2. The van der Waals surface area contributed by atoms with Gasteiger partial charge < -0.3 is 9.84 Å². The maximum absolute atomic E-state index is 12.0. The molecule has 1 amide bonds. The van der Waals surface area contributed by atoms with Gasteiger partial charge in [-0.3, -0.25) is 0 Å². The first-order valence-electron chi connectivity index (χ1n) is 6.71. The summed E-state index contributed by atoms with van der Waals surface area (Å²) in [5, 5.41) is 9.32. The third-order valence-corrected chi connectivity index (χ3v) is 3.43. The largest absolute Gasteiger partial charge is 0.480 e. The molecule has 0 saturated heterocycles. The van der Waals surface area contributed by atoms with Gasteiger partial charge in [0.05, 0.1) is 22.9 Å². The Bertz CT molecular complexity index is 495. The summed E-state index contributed by atoms with van der Waals surface area (Å²) >= 11 is 1.64. The molecule has 0 aromatic heterocycles. The molecule has 0 unspecified atom stereocenters. The standard InChI is InChI=1S/C14H18INO4/c1-14(2,3)20-13(19)16(15)11(12(17)18)9-10-7-5-4-6-8-10/h4-8,11H,9H2,1-3H3,(H,17,18)/t11-/m0/s1/i1D. The van der Waals surface area contributed by atoms with Gasteiger partial charge in [-0.2, -0.15) is 0 Å². The van der Waals surface area contributed by atoms with Crippen LogP contribution in [0.3, 0.4) is 0 Å². The van der Waals surface area contributed by atoms with E-state index in [1.807, 2.05) is 18.2 Å². The summed E-state index contributed by atoms with van der Waals surface area (Å²) in [7, 11) is 0. The average molecular weight is 392 g/mol. The number of carboxylic acid groups (broad SMARTS) is 1. The van der Waals surface area contributed by atoms with Crippen molar-refractivity contribution in [2.45, 2.75) is 38.8 Å². The minimum Gasteiger partial charge on any atom is -0.480 e. The number of carbonyl (C=O) groups is 2. The molecule has 0 spiro atoms. The van der Waals surface area contributed by atoms with E-state index >= 15 is 0 Å². The topological polar surface area (TPSA) is 66.8 Å². The van der Waals surface area contributed by atoms with E-state index in [4.69, 9.17) is 6.11 Å². The monoisotopic (exact) mass is 392 g/mol. The summed E-state index contributed by atoms with van der Waals surface area (Å²) in [6.45, 7) is 3.12. The fourth-order valence-electron chi connectivity index (χ4n) is 1.51. The van der Waals surface area contributed by atoms with Crippen molar-refractivity contribution in [2.75, 3.05) is 0 Å². The Morgan fingerprint density at radius 3 is 2.55 bits per heavy atom. The van der Waals surface area contributed by atoms with Gasteiger partial charge in [-0.1, -0.05) is 30.3 Å². The van der Waals surface area contributed by atoms with Crippen molar-refractivity contribution in [3.8, 4) is 0 Å². The number of ether oxygens (including phenoxy) is 1. The SMILES string of the molecule is [2H]CC(C)(C)OC(=O)N(I)[C@@H](Cc1ccccc1)C(=O)O. The molecule has 1 rings (SSSR count). The highest BCUT2D eigenvalue weighted by atomic mass is 127. The second kappa shape index (κ2) is 6.92. The molecule has 1 N–H and O–H groups in total. The van der Waals surface area contributed by atoms with Gasteiger partial charge in [-0.05, 0) is 26.3 Å². The van der Waals surface area contributed by atoms with Crippen LogP contribution in [-0.2, 0) is 16.0 Å². The number of hydrogen-bond donors (Lipinski definition) is 1. The van der Waals surface area contributed by atoms with Gasteiger partial charge in [-0.25, -0.2) is 12.7 Å². The molecule has 0 aliphatic heterocycles. The van der Waals surface area contributed by atoms with E-state index in [1.54, 1.807) is 48.8 Å². The van der Waals surface area contributed by atoms with E-state index in [-0.39, 0.29) is 13.3 Å². The number of rotatable bonds is 4. The Morgan fingerprint density at radius 1 is 1.45 bits per heavy atom. The van der Waals surface area contributed by atoms with Crippen molar-refractivity contribution in [2.24, 2.45) is 0 Å². The van der Waals surface area contributed by atoms with E-state index in [0.29, 0.717) is 0 Å². The van der Waals surface area contributed by atoms with Crippen molar-refractivity contribution >= 4 is 34.9 Å². The number of halogens is 1. The van der Waals surface area contributed by atoms with Gasteiger partial charge in [0.25, 0.3) is 0 Å². The smallest absolute Gasteiger partial charge is 0.419 e. The number of benzene rings is 1. The zero-order valence-electron chi connectivity index (χ0n) is 12.4. The lowest BCUT2D eigenvalue weighted by atomic mass is 10.1. The third kappa shape index (κ3) is 5.36. The van der Waals surface area contributed by atoms with Crippen LogP contribution < -0.4 is 0 Å². The minimum absolute atomic E-state index is 0.0976. The number of hydrogen-bond acceptors (Lipinski definition) is 3. The van der Waals surface area contributed by atoms with Crippen LogP contribution in [0.1, 0.15) is 27.7 Å². The summed E-state index contributed by atoms with van der Waals surface area (Å²) in [4.78, 5) is 23.4. The van der Waals surface area contributed by atoms with Crippen LogP contribution in [0.25, 0.3) is 0 Å². The quantitative estimate of drug-likeness (QED) is 0.631. The number of nitrogens with zero attached hydrogens (tertiary/aromatic N) is 1. The van der Waals surface area contributed by atoms with Gasteiger partial charge in [0.2, 0.25) is 0 Å². The molecule has 20 heavy (non-hydrogen) atoms. The van der Waals surface area contributed by atoms with E-state index in [9.17, 15) is 14.7 Å². The van der Waals surface area contributed by atoms with Crippen LogP contribution in [0.15, 0.2) is 30.3 Å². The van der Waals surface area contributed by atoms with Crippen molar-refractivity contribution < 1.29 is 20.8 Å². The number of carbonyl (C=O) groups excluding carboxylic acids is 1. The number of carboxylic acids is 1. The third-order valence-electron chi connectivity index (χ3n) is 2.37. The highest BCUT2D eigenvalue weighted by Gasteiger charge is 2.31. The lowest BCUT2D eigenvalue weighted by Crippen LogP contribution is -2.42. The van der Waals surface area contributed by atoms with E-state index in [2.05, 4.69) is 0 Å². The number of amides is 1. The van der Waals surface area contributed by atoms with Crippen LogP contribution in [0.2, 0.25) is 0 Å². The fourth-order valence-corrected chi connectivity index (χ4v) is 2.04. The molecule has 6 heteroatoms. The Hall–Kier alpha value is -1.31. The molecule has 0 aliphatic rings. The van der Waals surface area contributed by atoms with Gasteiger partial charge in [-0.15, -0.1) is 0 Å². The Labute approximate surface area is 133 Å². The minimum atomic E-state index is -1.10. The molecule has 0 aliphatic carbocycles. The van der Waals surface area contributed by atoms with E-state index in [1.165, 1.54) is 0 Å². The van der Waals surface area contributed by atoms with Crippen molar-refractivity contribution in [1.29, 1.82) is 0 Å². The molecule has 1 aromatic carbocycles. The van der Waals surface area contributed by atoms with Crippen LogP contribution in [0.5, 0.6) is 0 Å². The lowest BCUT2D eigenvalue weighted by Gasteiger charge is -2.26. The Morgan fingerprint density at radius 2 is 2.05 bits per heavy atom. The molecule has 110 valence electrons. The summed E-state index contributed by atoms with van der Waals surface area (Å²) in [6, 6.07) is 8.05. The first-order valence-corrected chi connectivity index (χ1v) is 6.97. The fraction of sp³-hybridized carbons (Fsp3) is 0.429. The van der Waals surface area contributed by atoms with Crippen molar-refractivity contribution in [3.63, 3.8) is 0 Å². The molecule has 0 bridgehead atoms. The molecule has 1 aromatic rings. The maximum Gasteiger partial charge on any atom is 0.419 e. The summed E-state index contributed by atoms with van der Waals surface area (Å²) in [5.41, 5.74) is -0.129. The summed E-state index contributed by atoms with van der Waals surface area (Å²) < 4.78 is 13.5. The van der Waals surface area contributed by atoms with Crippen LogP contribution in [0, 0.1) is 0 Å². The lowest BCUT2D eigenvalue weighted by molar-refractivity contribution is -0.140. The van der Waals surface area contributed by atoms with Crippen molar-refractivity contribution in [3.05, 3.63) is 35.9 Å². The molecule has 1 atom stereocenters. The highest BCUT2D eigenvalue weighted by molar-refractivity contribution is 14.1. The zero-order chi connectivity index (χ0) is 16.0. The van der Waals surface area contributed by atoms with Gasteiger partial charge in [0.15, 0.2) is 0 Å². The second-order valence-electron chi connectivity index (χ2n) is 4.98. The molecule has 0 fully saturated rings. The predicted octanol–water partition coefficient (Wildman–Crippen LogP) is 3.27. The summed E-state index contributed by atoms with van der Waals surface area (Å²) in [5.74, 6) is -1.10. The number of aliphatic carboxylic acids is 1. The first kappa shape index (κ1) is 15.1. The average Bonchev–Trinajstić information content (AvgIpc) is 2.44. The molecular weight excluding hydrogens is 373 g/mol. The van der Waals surface area contributed by atoms with E-state index in [0.717, 1.165) is 8.68 Å². The summed E-state index contributed by atoms with van der Waals surface area (Å²) in [6.07, 6.45) is -0.564. The predicted molar refractivity (Wildman–Crippen MR) is 83.7 cm³/mol. The highest BCUT2D eigenvalue weighted by Crippen LogP contribution is 2.18. The maximum atomic E-state index is 12.0. The molecular formula is C14H18INO4. The second-order valence-corrected chi connectivity index (χ2v) is 6.02. The molecule has 5 nitrogen and oxygen atoms in total. The van der Waals surface area contributed by atoms with E-state index < -0.39 is 23.7 Å². The molecule has 0 radical (unpaired) electrons. The van der Waals surface area contributed by atoms with Crippen LogP contribution in [0.4, 0.5) is 4.79 Å². The first-order chi connectivity index (χ1) is 9.76. The van der Waals surface area contributed by atoms with Crippen LogP contribution in [-0.4, -0.2) is 31.9 Å². The van der Waals surface area contributed by atoms with Crippen molar-refractivity contribution in [1.82, 2.24) is 3.11 Å². The van der Waals surface area contributed by atoms with Gasteiger partial charge in [0, 0.05) is 7.79 Å². The van der Waals surface area contributed by atoms with Gasteiger partial charge in [0.1, 0.15) is 11.6 Å². The zero-order valence-corrected chi connectivity index (χ0v) is 13.5. The molecule has 0 heterocycles.